The lowest BCUT2D eigenvalue weighted by Gasteiger charge is -2.08. The average molecular weight is 635 g/mol. The Bertz CT molecular complexity index is 1690. The Morgan fingerprint density at radius 1 is 0.698 bits per heavy atom. The molecule has 0 radical (unpaired) electrons. The molecule has 0 aliphatic heterocycles. The molecule has 0 aliphatic carbocycles. The van der Waals surface area contributed by atoms with Crippen LogP contribution in [0.5, 0.6) is 23.0 Å². The zero-order chi connectivity index (χ0) is 32.0. The van der Waals surface area contributed by atoms with Crippen molar-refractivity contribution in [2.45, 2.75) is 40.0 Å². The fourth-order valence-electron chi connectivity index (χ4n) is 4.09. The van der Waals surface area contributed by atoms with Crippen LogP contribution < -0.4 is 18.9 Å². The lowest BCUT2D eigenvalue weighted by Crippen LogP contribution is -2.11. The van der Waals surface area contributed by atoms with E-state index in [-0.39, 0.29) is 71.3 Å². The van der Waals surface area contributed by atoms with Crippen molar-refractivity contribution in [3.05, 3.63) is 45.7 Å². The van der Waals surface area contributed by atoms with Crippen LogP contribution in [0.1, 0.15) is 59.4 Å². The van der Waals surface area contributed by atoms with Gasteiger partial charge < -0.3 is 23.7 Å². The molecule has 2 aromatic heterocycles. The summed E-state index contributed by atoms with van der Waals surface area (Å²) in [6.45, 7) is 4.60. The van der Waals surface area contributed by atoms with E-state index in [4.69, 9.17) is 18.9 Å². The molecule has 4 rings (SSSR count). The summed E-state index contributed by atoms with van der Waals surface area (Å²) in [4.78, 5) is 47.3. The molecule has 12 heteroatoms. The van der Waals surface area contributed by atoms with E-state index in [2.05, 4.69) is 0 Å². The van der Waals surface area contributed by atoms with Gasteiger partial charge in [-0.25, -0.2) is 8.78 Å². The maximum absolute atomic E-state index is 14.4. The summed E-state index contributed by atoms with van der Waals surface area (Å²) in [6, 6.07) is 6.29. The number of carbonyl (C=O) groups is 4. The quantitative estimate of drug-likeness (QED) is 0.148. The summed E-state index contributed by atoms with van der Waals surface area (Å²) >= 11 is 2.37. The Labute approximate surface area is 255 Å². The first kappa shape index (κ1) is 33.6. The van der Waals surface area contributed by atoms with E-state index in [1.807, 2.05) is 0 Å². The average Bonchev–Trinajstić information content (AvgIpc) is 3.61. The molecule has 0 bridgehead atoms. The van der Waals surface area contributed by atoms with Crippen LogP contribution in [0.3, 0.4) is 0 Å². The van der Waals surface area contributed by atoms with Crippen LogP contribution in [-0.4, -0.2) is 51.6 Å². The fraction of sp³-hybridized carbons (Fsp3) is 0.355. The zero-order valence-corrected chi connectivity index (χ0v) is 26.5. The predicted octanol–water partition coefficient (Wildman–Crippen LogP) is 7.47. The molecule has 2 heterocycles. The van der Waals surface area contributed by atoms with Gasteiger partial charge in [0.1, 0.15) is 11.6 Å². The lowest BCUT2D eigenvalue weighted by molar-refractivity contribution is -0.120. The zero-order valence-electron chi connectivity index (χ0n) is 24.8. The van der Waals surface area contributed by atoms with E-state index >= 15 is 0 Å². The van der Waals surface area contributed by atoms with Crippen LogP contribution in [0, 0.1) is 17.6 Å². The van der Waals surface area contributed by atoms with Crippen LogP contribution in [0.4, 0.5) is 8.78 Å². The van der Waals surface area contributed by atoms with Crippen molar-refractivity contribution < 1.29 is 46.9 Å². The largest absolute Gasteiger partial charge is 0.493 e. The normalized spacial score (nSPS) is 11.5. The third-order valence-electron chi connectivity index (χ3n) is 6.65. The van der Waals surface area contributed by atoms with Gasteiger partial charge in [-0.2, -0.15) is 0 Å². The molecule has 230 valence electrons. The molecule has 0 unspecified atom stereocenters. The summed E-state index contributed by atoms with van der Waals surface area (Å²) in [5.74, 6) is -1.24. The number of benzene rings is 2. The van der Waals surface area contributed by atoms with Crippen LogP contribution in [0.25, 0.3) is 20.2 Å². The molecule has 0 saturated carbocycles. The Hall–Kier alpha value is -3.90. The summed E-state index contributed by atoms with van der Waals surface area (Å²) in [5.41, 5.74) is 0. The highest BCUT2D eigenvalue weighted by Crippen LogP contribution is 2.41. The van der Waals surface area contributed by atoms with E-state index in [9.17, 15) is 28.0 Å². The molecule has 8 nitrogen and oxygen atoms in total. The number of halogens is 2. The molecule has 1 atom stereocenters. The second kappa shape index (κ2) is 14.5. The maximum atomic E-state index is 14.4. The number of ketones is 4. The van der Waals surface area contributed by atoms with Crippen LogP contribution >= 0.6 is 22.7 Å². The van der Waals surface area contributed by atoms with E-state index in [0.29, 0.717) is 29.9 Å². The third kappa shape index (κ3) is 7.55. The van der Waals surface area contributed by atoms with Gasteiger partial charge >= 0.3 is 0 Å². The van der Waals surface area contributed by atoms with Crippen LogP contribution in [0.2, 0.25) is 0 Å². The monoisotopic (exact) mass is 634 g/mol. The first-order valence-electron chi connectivity index (χ1n) is 13.1. The Morgan fingerprint density at radius 3 is 1.51 bits per heavy atom. The number of carbonyl (C=O) groups excluding carboxylic acids is 4. The number of thiophene rings is 2. The molecule has 4 aromatic rings. The van der Waals surface area contributed by atoms with Gasteiger partial charge in [-0.15, -0.1) is 22.7 Å². The predicted molar refractivity (Wildman–Crippen MR) is 163 cm³/mol. The van der Waals surface area contributed by atoms with Gasteiger partial charge in [-0.1, -0.05) is 6.92 Å². The summed E-state index contributed by atoms with van der Waals surface area (Å²) < 4.78 is 50.2. The minimum atomic E-state index is -0.549. The molecule has 0 fully saturated rings. The van der Waals surface area contributed by atoms with Crippen molar-refractivity contribution in [3.8, 4) is 23.0 Å². The highest BCUT2D eigenvalue weighted by molar-refractivity contribution is 7.21. The Kier molecular flexibility index (Phi) is 11.3. The Morgan fingerprint density at radius 2 is 1.14 bits per heavy atom. The van der Waals surface area contributed by atoms with Gasteiger partial charge in [0.2, 0.25) is 0 Å². The van der Waals surface area contributed by atoms with Gasteiger partial charge in [0.25, 0.3) is 0 Å². The van der Waals surface area contributed by atoms with Gasteiger partial charge in [0.05, 0.1) is 38.2 Å². The van der Waals surface area contributed by atoms with Crippen molar-refractivity contribution in [3.63, 3.8) is 0 Å². The number of Topliss-reactive ketones (excluding diaryl/α,β-unsaturated/α-hetero) is 4. The summed E-state index contributed by atoms with van der Waals surface area (Å²) in [5, 5.41) is 0.644. The number of fused-ring (bicyclic) bond motifs is 2. The molecule has 43 heavy (non-hydrogen) atoms. The van der Waals surface area contributed by atoms with E-state index < -0.39 is 11.6 Å². The number of methoxy groups -OCH3 is 4. The molecular weight excluding hydrogens is 602 g/mol. The third-order valence-corrected chi connectivity index (χ3v) is 8.90. The second-order valence-electron chi connectivity index (χ2n) is 9.66. The van der Waals surface area contributed by atoms with E-state index in [1.165, 1.54) is 77.1 Å². The molecule has 0 N–H and O–H groups in total. The van der Waals surface area contributed by atoms with Gasteiger partial charge in [-0.05, 0) is 26.0 Å². The Balaban J connectivity index is 0.000000236. The van der Waals surface area contributed by atoms with Crippen molar-refractivity contribution in [2.24, 2.45) is 5.92 Å². The number of hydrogen-bond acceptors (Lipinski definition) is 10. The second-order valence-corrected chi connectivity index (χ2v) is 11.8. The highest BCUT2D eigenvalue weighted by atomic mass is 32.1. The van der Waals surface area contributed by atoms with Gasteiger partial charge in [-0.3, -0.25) is 14.4 Å². The number of hydrogen-bond donors (Lipinski definition) is 0. The van der Waals surface area contributed by atoms with Crippen LogP contribution in [0.15, 0.2) is 24.3 Å². The maximum Gasteiger partial charge on any atom is 0.197 e. The summed E-state index contributed by atoms with van der Waals surface area (Å²) in [7, 11) is 5.57. The molecule has 0 amide bonds. The molecule has 0 spiro atoms. The topological polar surface area (TPSA) is 105 Å². The SMILES string of the molecule is COc1cc2sc(C(=O)CCC(C)=O)cc2c(F)c1OC.COc1cc2sc(C(=O)C[C@H](C)C(C)=O)cc2c(F)c1OC. The minimum Gasteiger partial charge on any atom is -0.493 e. The van der Waals surface area contributed by atoms with E-state index in [0.717, 1.165) is 0 Å². The highest BCUT2D eigenvalue weighted by Gasteiger charge is 2.22. The number of rotatable bonds is 12. The standard InChI is InChI=1S/C16H17FO4S.C15H15FO4S/c1-8(9(2)18)5-11(19)14-6-10-13(22-14)7-12(20-3)16(21-4)15(10)17;1-8(17)4-5-10(18)13-6-9-12(21-13)7-11(19-2)15(20-3)14(9)16/h6-8H,5H2,1-4H3;6-7H,4-5H2,1-3H3/t8-;/m0./s1. The van der Waals surface area contributed by atoms with E-state index in [1.54, 1.807) is 19.1 Å². The molecule has 0 saturated heterocycles. The van der Waals surface area contributed by atoms with Gasteiger partial charge in [0, 0.05) is 57.5 Å². The van der Waals surface area contributed by atoms with Crippen molar-refractivity contribution in [1.82, 2.24) is 0 Å². The smallest absolute Gasteiger partial charge is 0.197 e. The molecular formula is C31H32F2O8S2. The van der Waals surface area contributed by atoms with Gasteiger partial charge in [0.15, 0.2) is 46.2 Å². The fourth-order valence-corrected chi connectivity index (χ4v) is 6.18. The first-order chi connectivity index (χ1) is 20.4. The first-order valence-corrected chi connectivity index (χ1v) is 14.7. The van der Waals surface area contributed by atoms with Crippen LogP contribution in [-0.2, 0) is 9.59 Å². The molecule has 2 aromatic carbocycles. The summed E-state index contributed by atoms with van der Waals surface area (Å²) in [6.07, 6.45) is 0.457. The minimum absolute atomic E-state index is 0.0175. The molecule has 0 aliphatic rings. The van der Waals surface area contributed by atoms with Crippen molar-refractivity contribution >= 4 is 66.0 Å². The number of ether oxygens (including phenoxy) is 4. The lowest BCUT2D eigenvalue weighted by atomic mass is 10.00. The van der Waals surface area contributed by atoms with Crippen molar-refractivity contribution in [1.29, 1.82) is 0 Å². The van der Waals surface area contributed by atoms with Crippen molar-refractivity contribution in [2.75, 3.05) is 28.4 Å².